The third-order valence-corrected chi connectivity index (χ3v) is 3.28. The lowest BCUT2D eigenvalue weighted by Gasteiger charge is -2.06. The van der Waals surface area contributed by atoms with Crippen LogP contribution in [0.4, 0.5) is 0 Å². The fourth-order valence-electron chi connectivity index (χ4n) is 2.24. The van der Waals surface area contributed by atoms with Crippen molar-refractivity contribution in [1.29, 1.82) is 0 Å². The van der Waals surface area contributed by atoms with Crippen molar-refractivity contribution in [3.63, 3.8) is 0 Å². The Balaban J connectivity index is 2.56. The molecule has 0 spiro atoms. The SMILES string of the molecule is CCCn1nc(C(C)C)c(-c2ccc(C)cc2)c1O. The van der Waals surface area contributed by atoms with Gasteiger partial charge in [-0.25, -0.2) is 4.68 Å². The Labute approximate surface area is 114 Å². The number of hydrogen-bond acceptors (Lipinski definition) is 2. The van der Waals surface area contributed by atoms with Gasteiger partial charge >= 0.3 is 0 Å². The highest BCUT2D eigenvalue weighted by molar-refractivity contribution is 5.72. The van der Waals surface area contributed by atoms with Gasteiger partial charge in [0.25, 0.3) is 0 Å². The zero-order valence-electron chi connectivity index (χ0n) is 12.1. The zero-order chi connectivity index (χ0) is 14.0. The van der Waals surface area contributed by atoms with Crippen molar-refractivity contribution in [2.24, 2.45) is 0 Å². The molecule has 0 atom stereocenters. The standard InChI is InChI=1S/C16H22N2O/c1-5-10-18-16(19)14(15(17-18)11(2)3)13-8-6-12(4)7-9-13/h6-9,11,19H,5,10H2,1-4H3. The highest BCUT2D eigenvalue weighted by Gasteiger charge is 2.20. The van der Waals surface area contributed by atoms with Crippen LogP contribution in [0.5, 0.6) is 5.88 Å². The van der Waals surface area contributed by atoms with E-state index in [2.05, 4.69) is 44.9 Å². The van der Waals surface area contributed by atoms with Crippen LogP contribution in [-0.4, -0.2) is 14.9 Å². The first kappa shape index (κ1) is 13.7. The van der Waals surface area contributed by atoms with Gasteiger partial charge in [-0.3, -0.25) is 0 Å². The summed E-state index contributed by atoms with van der Waals surface area (Å²) >= 11 is 0. The molecule has 1 aromatic heterocycles. The number of aromatic hydroxyl groups is 1. The van der Waals surface area contributed by atoms with E-state index in [1.807, 2.05) is 12.1 Å². The summed E-state index contributed by atoms with van der Waals surface area (Å²) in [7, 11) is 0. The maximum atomic E-state index is 10.4. The number of aromatic nitrogens is 2. The van der Waals surface area contributed by atoms with Crippen molar-refractivity contribution in [3.8, 4) is 17.0 Å². The highest BCUT2D eigenvalue weighted by atomic mass is 16.3. The van der Waals surface area contributed by atoms with E-state index in [0.29, 0.717) is 5.92 Å². The molecule has 1 heterocycles. The summed E-state index contributed by atoms with van der Waals surface area (Å²) in [6.07, 6.45) is 0.958. The van der Waals surface area contributed by atoms with Gasteiger partial charge in [0.2, 0.25) is 5.88 Å². The van der Waals surface area contributed by atoms with E-state index in [9.17, 15) is 5.11 Å². The lowest BCUT2D eigenvalue weighted by Crippen LogP contribution is -1.99. The Kier molecular flexibility index (Phi) is 3.93. The summed E-state index contributed by atoms with van der Waals surface area (Å²) in [5.41, 5.74) is 4.10. The van der Waals surface area contributed by atoms with Crippen molar-refractivity contribution in [3.05, 3.63) is 35.5 Å². The fourth-order valence-corrected chi connectivity index (χ4v) is 2.24. The Hall–Kier alpha value is -1.77. The van der Waals surface area contributed by atoms with E-state index in [-0.39, 0.29) is 5.88 Å². The van der Waals surface area contributed by atoms with Gasteiger partial charge in [0.05, 0.1) is 11.3 Å². The maximum Gasteiger partial charge on any atom is 0.217 e. The minimum atomic E-state index is 0.286. The predicted molar refractivity (Wildman–Crippen MR) is 78.4 cm³/mol. The Morgan fingerprint density at radius 1 is 1.21 bits per heavy atom. The predicted octanol–water partition coefficient (Wildman–Crippen LogP) is 4.10. The first-order valence-corrected chi connectivity index (χ1v) is 6.91. The smallest absolute Gasteiger partial charge is 0.217 e. The molecule has 0 bridgehead atoms. The quantitative estimate of drug-likeness (QED) is 0.896. The second-order valence-electron chi connectivity index (χ2n) is 5.33. The topological polar surface area (TPSA) is 38.0 Å². The lowest BCUT2D eigenvalue weighted by molar-refractivity contribution is 0.398. The molecule has 3 nitrogen and oxygen atoms in total. The highest BCUT2D eigenvalue weighted by Crippen LogP contribution is 2.36. The summed E-state index contributed by atoms with van der Waals surface area (Å²) in [6.45, 7) is 9.11. The summed E-state index contributed by atoms with van der Waals surface area (Å²) in [6, 6.07) is 8.23. The van der Waals surface area contributed by atoms with Crippen LogP contribution in [-0.2, 0) is 6.54 Å². The van der Waals surface area contributed by atoms with Crippen molar-refractivity contribution < 1.29 is 5.11 Å². The molecule has 2 rings (SSSR count). The van der Waals surface area contributed by atoms with E-state index in [1.165, 1.54) is 5.56 Å². The molecule has 0 aliphatic rings. The first-order valence-electron chi connectivity index (χ1n) is 6.91. The molecule has 0 saturated carbocycles. The largest absolute Gasteiger partial charge is 0.493 e. The van der Waals surface area contributed by atoms with Crippen LogP contribution < -0.4 is 0 Å². The monoisotopic (exact) mass is 258 g/mol. The second kappa shape index (κ2) is 5.47. The van der Waals surface area contributed by atoms with E-state index in [1.54, 1.807) is 4.68 Å². The molecule has 0 fully saturated rings. The molecule has 0 saturated heterocycles. The summed E-state index contributed by atoms with van der Waals surface area (Å²) < 4.78 is 1.71. The molecule has 0 aliphatic carbocycles. The number of nitrogens with zero attached hydrogens (tertiary/aromatic N) is 2. The third kappa shape index (κ3) is 2.65. The average molecular weight is 258 g/mol. The minimum Gasteiger partial charge on any atom is -0.493 e. The van der Waals surface area contributed by atoms with Gasteiger partial charge in [-0.05, 0) is 24.8 Å². The summed E-state index contributed by atoms with van der Waals surface area (Å²) in [5, 5.41) is 15.0. The summed E-state index contributed by atoms with van der Waals surface area (Å²) in [5.74, 6) is 0.578. The van der Waals surface area contributed by atoms with Crippen LogP contribution in [0.3, 0.4) is 0 Å². The molecule has 1 N–H and O–H groups in total. The number of benzene rings is 1. The Morgan fingerprint density at radius 3 is 2.37 bits per heavy atom. The van der Waals surface area contributed by atoms with Crippen molar-refractivity contribution in [1.82, 2.24) is 9.78 Å². The van der Waals surface area contributed by atoms with E-state index < -0.39 is 0 Å². The van der Waals surface area contributed by atoms with Gasteiger partial charge < -0.3 is 5.11 Å². The van der Waals surface area contributed by atoms with Crippen molar-refractivity contribution >= 4 is 0 Å². The van der Waals surface area contributed by atoms with Crippen LogP contribution in [0.2, 0.25) is 0 Å². The van der Waals surface area contributed by atoms with Gasteiger partial charge in [-0.15, -0.1) is 0 Å². The molecule has 3 heteroatoms. The molecule has 2 aromatic rings. The van der Waals surface area contributed by atoms with Gasteiger partial charge in [0.15, 0.2) is 0 Å². The first-order chi connectivity index (χ1) is 9.04. The molecular weight excluding hydrogens is 236 g/mol. The molecule has 102 valence electrons. The van der Waals surface area contributed by atoms with Gasteiger partial charge in [-0.1, -0.05) is 50.6 Å². The number of hydrogen-bond donors (Lipinski definition) is 1. The second-order valence-corrected chi connectivity index (χ2v) is 5.33. The number of rotatable bonds is 4. The van der Waals surface area contributed by atoms with Crippen LogP contribution >= 0.6 is 0 Å². The maximum absolute atomic E-state index is 10.4. The average Bonchev–Trinajstić information content (AvgIpc) is 2.69. The van der Waals surface area contributed by atoms with Gasteiger partial charge in [0, 0.05) is 6.54 Å². The van der Waals surface area contributed by atoms with Crippen LogP contribution in [0.1, 0.15) is 44.4 Å². The van der Waals surface area contributed by atoms with Gasteiger partial charge in [-0.2, -0.15) is 5.10 Å². The molecule has 1 aromatic carbocycles. The lowest BCUT2D eigenvalue weighted by atomic mass is 9.99. The minimum absolute atomic E-state index is 0.286. The molecule has 0 amide bonds. The van der Waals surface area contributed by atoms with Gasteiger partial charge in [0.1, 0.15) is 0 Å². The molecule has 0 aliphatic heterocycles. The molecule has 0 radical (unpaired) electrons. The number of aryl methyl sites for hydroxylation is 2. The molecule has 0 unspecified atom stereocenters. The summed E-state index contributed by atoms with van der Waals surface area (Å²) in [4.78, 5) is 0. The molecular formula is C16H22N2O. The fraction of sp³-hybridized carbons (Fsp3) is 0.438. The Bertz CT molecular complexity index is 553. The van der Waals surface area contributed by atoms with E-state index >= 15 is 0 Å². The van der Waals surface area contributed by atoms with E-state index in [0.717, 1.165) is 29.8 Å². The van der Waals surface area contributed by atoms with Crippen LogP contribution in [0, 0.1) is 6.92 Å². The zero-order valence-corrected chi connectivity index (χ0v) is 12.1. The van der Waals surface area contributed by atoms with Crippen LogP contribution in [0.15, 0.2) is 24.3 Å². The third-order valence-electron chi connectivity index (χ3n) is 3.28. The van der Waals surface area contributed by atoms with E-state index in [4.69, 9.17) is 0 Å². The van der Waals surface area contributed by atoms with Crippen molar-refractivity contribution in [2.75, 3.05) is 0 Å². The van der Waals surface area contributed by atoms with Crippen molar-refractivity contribution in [2.45, 2.75) is 46.6 Å². The van der Waals surface area contributed by atoms with Crippen LogP contribution in [0.25, 0.3) is 11.1 Å². The normalized spacial score (nSPS) is 11.2. The molecule has 19 heavy (non-hydrogen) atoms. The Morgan fingerprint density at radius 2 is 1.84 bits per heavy atom.